The molecule has 0 unspecified atom stereocenters. The minimum absolute atomic E-state index is 0.177. The van der Waals surface area contributed by atoms with E-state index in [0.29, 0.717) is 24.2 Å². The van der Waals surface area contributed by atoms with Crippen LogP contribution in [0.15, 0.2) is 36.0 Å². The van der Waals surface area contributed by atoms with Crippen LogP contribution in [0.1, 0.15) is 54.7 Å². The number of likely N-dealkylation sites (N-methyl/N-ethyl adjacent to an activating group) is 1. The van der Waals surface area contributed by atoms with Crippen LogP contribution >= 0.6 is 0 Å². The highest BCUT2D eigenvalue weighted by Gasteiger charge is 2.23. The quantitative estimate of drug-likeness (QED) is 0.720. The lowest BCUT2D eigenvalue weighted by atomic mass is 10.0. The largest absolute Gasteiger partial charge is 0.452 e. The zero-order chi connectivity index (χ0) is 19.4. The van der Waals surface area contributed by atoms with Crippen molar-refractivity contribution in [3.05, 3.63) is 52.9 Å². The van der Waals surface area contributed by atoms with E-state index in [4.69, 9.17) is 4.74 Å². The summed E-state index contributed by atoms with van der Waals surface area (Å²) < 4.78 is 5.41. The van der Waals surface area contributed by atoms with Crippen molar-refractivity contribution in [2.75, 3.05) is 13.2 Å². The van der Waals surface area contributed by atoms with Crippen LogP contribution in [0.25, 0.3) is 10.9 Å². The Kier molecular flexibility index (Phi) is 5.89. The highest BCUT2D eigenvalue weighted by atomic mass is 16.5. The van der Waals surface area contributed by atoms with Gasteiger partial charge in [-0.15, -0.1) is 0 Å². The Balaban J connectivity index is 1.79. The van der Waals surface area contributed by atoms with Gasteiger partial charge in [0.05, 0.1) is 16.8 Å². The molecule has 0 fully saturated rings. The van der Waals surface area contributed by atoms with Crippen LogP contribution < -0.4 is 0 Å². The molecule has 1 aromatic carbocycles. The number of carbonyl (C=O) groups excluding carboxylic acids is 2. The average Bonchev–Trinajstić information content (AvgIpc) is 3.21. The molecule has 0 spiro atoms. The van der Waals surface area contributed by atoms with E-state index in [1.165, 1.54) is 0 Å². The first-order valence-electron chi connectivity index (χ1n) is 9.61. The molecule has 0 saturated carbocycles. The molecular weight excluding hydrogens is 340 g/mol. The molecule has 142 valence electrons. The number of aryl methyl sites for hydroxylation is 2. The van der Waals surface area contributed by atoms with Crippen molar-refractivity contribution in [1.29, 1.82) is 0 Å². The van der Waals surface area contributed by atoms with E-state index in [-0.39, 0.29) is 12.5 Å². The first-order chi connectivity index (χ1) is 13.1. The van der Waals surface area contributed by atoms with Gasteiger partial charge in [-0.3, -0.25) is 9.78 Å². The second-order valence-electron chi connectivity index (χ2n) is 6.73. The second-order valence-corrected chi connectivity index (χ2v) is 6.73. The number of allylic oxidation sites excluding steroid dienone is 2. The fourth-order valence-corrected chi connectivity index (χ4v) is 3.68. The number of amides is 1. The smallest absolute Gasteiger partial charge is 0.340 e. The molecule has 0 radical (unpaired) electrons. The van der Waals surface area contributed by atoms with Gasteiger partial charge < -0.3 is 9.64 Å². The maximum Gasteiger partial charge on any atom is 0.340 e. The van der Waals surface area contributed by atoms with Gasteiger partial charge in [-0.25, -0.2) is 4.79 Å². The Bertz CT molecular complexity index is 902. The molecule has 5 nitrogen and oxygen atoms in total. The van der Waals surface area contributed by atoms with Crippen molar-refractivity contribution >= 4 is 22.8 Å². The van der Waals surface area contributed by atoms with Gasteiger partial charge >= 0.3 is 5.97 Å². The van der Waals surface area contributed by atoms with Gasteiger partial charge in [0.2, 0.25) is 0 Å². The van der Waals surface area contributed by atoms with Crippen molar-refractivity contribution in [1.82, 2.24) is 9.88 Å². The molecule has 0 bridgehead atoms. The van der Waals surface area contributed by atoms with Crippen LogP contribution in [-0.4, -0.2) is 34.9 Å². The third kappa shape index (κ3) is 3.87. The first-order valence-corrected chi connectivity index (χ1v) is 9.61. The number of ether oxygens (including phenoxy) is 1. The predicted molar refractivity (Wildman–Crippen MR) is 105 cm³/mol. The lowest BCUT2D eigenvalue weighted by molar-refractivity contribution is -0.132. The highest BCUT2D eigenvalue weighted by molar-refractivity contribution is 5.99. The number of aromatic nitrogens is 1. The number of esters is 1. The van der Waals surface area contributed by atoms with Crippen LogP contribution in [0.3, 0.4) is 0 Å². The number of carbonyl (C=O) groups is 2. The van der Waals surface area contributed by atoms with Gasteiger partial charge in [-0.2, -0.15) is 0 Å². The molecule has 1 amide bonds. The lowest BCUT2D eigenvalue weighted by Crippen LogP contribution is -2.33. The molecule has 1 aromatic heterocycles. The van der Waals surface area contributed by atoms with E-state index in [1.807, 2.05) is 45.0 Å². The van der Waals surface area contributed by atoms with E-state index in [2.05, 4.69) is 11.1 Å². The summed E-state index contributed by atoms with van der Waals surface area (Å²) in [4.78, 5) is 31.6. The Morgan fingerprint density at radius 1 is 1.22 bits per heavy atom. The van der Waals surface area contributed by atoms with Gasteiger partial charge in [0.25, 0.3) is 5.91 Å². The predicted octanol–water partition coefficient (Wildman–Crippen LogP) is 4.18. The van der Waals surface area contributed by atoms with Gasteiger partial charge in [0, 0.05) is 17.6 Å². The zero-order valence-electron chi connectivity index (χ0n) is 16.2. The summed E-state index contributed by atoms with van der Waals surface area (Å²) in [6.45, 7) is 6.14. The number of benzene rings is 1. The van der Waals surface area contributed by atoms with Gasteiger partial charge in [-0.05, 0) is 51.2 Å². The molecule has 0 N–H and O–H groups in total. The third-order valence-electron chi connectivity index (χ3n) is 5.07. The molecule has 1 aliphatic carbocycles. The van der Waals surface area contributed by atoms with E-state index in [0.717, 1.165) is 41.4 Å². The normalized spacial score (nSPS) is 13.5. The number of fused-ring (bicyclic) bond motifs is 1. The molecule has 1 heterocycles. The number of hydrogen-bond donors (Lipinski definition) is 0. The molecule has 0 aliphatic heterocycles. The second kappa shape index (κ2) is 8.33. The minimum Gasteiger partial charge on any atom is -0.452 e. The van der Waals surface area contributed by atoms with E-state index in [1.54, 1.807) is 4.90 Å². The highest BCUT2D eigenvalue weighted by Crippen LogP contribution is 2.25. The summed E-state index contributed by atoms with van der Waals surface area (Å²) in [5, 5.41) is 0.930. The molecule has 5 heteroatoms. The Morgan fingerprint density at radius 3 is 2.67 bits per heavy atom. The lowest BCUT2D eigenvalue weighted by Gasteiger charge is -2.22. The Hall–Kier alpha value is -2.69. The van der Waals surface area contributed by atoms with E-state index >= 15 is 0 Å². The van der Waals surface area contributed by atoms with Crippen LogP contribution in [0.2, 0.25) is 0 Å². The molecule has 1 aliphatic rings. The molecule has 2 aromatic rings. The van der Waals surface area contributed by atoms with E-state index < -0.39 is 5.97 Å². The standard InChI is InChI=1S/C22H26N2O3/c1-4-18-21(15(3)17-12-8-9-13-19(17)23-18)22(26)27-14-20(25)24(5-2)16-10-6-7-11-16/h8-10,12-13H,4-7,11,14H2,1-3H3. The Morgan fingerprint density at radius 2 is 2.00 bits per heavy atom. The maximum absolute atomic E-state index is 12.8. The average molecular weight is 366 g/mol. The molecule has 27 heavy (non-hydrogen) atoms. The molecular formula is C22H26N2O3. The van der Waals surface area contributed by atoms with Crippen LogP contribution in [0.5, 0.6) is 0 Å². The summed E-state index contributed by atoms with van der Waals surface area (Å²) >= 11 is 0. The number of para-hydroxylation sites is 1. The van der Waals surface area contributed by atoms with Gasteiger partial charge in [-0.1, -0.05) is 31.2 Å². The van der Waals surface area contributed by atoms with Gasteiger partial charge in [0.15, 0.2) is 6.61 Å². The number of nitrogens with zero attached hydrogens (tertiary/aromatic N) is 2. The van der Waals surface area contributed by atoms with Crippen LogP contribution in [0.4, 0.5) is 0 Å². The number of hydrogen-bond acceptors (Lipinski definition) is 4. The fourth-order valence-electron chi connectivity index (χ4n) is 3.68. The van der Waals surface area contributed by atoms with Crippen molar-refractivity contribution in [3.8, 4) is 0 Å². The third-order valence-corrected chi connectivity index (χ3v) is 5.07. The van der Waals surface area contributed by atoms with Crippen molar-refractivity contribution in [2.24, 2.45) is 0 Å². The summed E-state index contributed by atoms with van der Waals surface area (Å²) in [5.74, 6) is -0.657. The monoisotopic (exact) mass is 366 g/mol. The SMILES string of the molecule is CCc1nc2ccccc2c(C)c1C(=O)OCC(=O)N(CC)C1=CCCC1. The van der Waals surface area contributed by atoms with Crippen LogP contribution in [-0.2, 0) is 16.0 Å². The zero-order valence-corrected chi connectivity index (χ0v) is 16.2. The first kappa shape index (κ1) is 19.1. The summed E-state index contributed by atoms with van der Waals surface area (Å²) in [7, 11) is 0. The summed E-state index contributed by atoms with van der Waals surface area (Å²) in [6, 6.07) is 7.75. The number of rotatable bonds is 6. The maximum atomic E-state index is 12.8. The van der Waals surface area contributed by atoms with Crippen LogP contribution in [0, 0.1) is 6.92 Å². The summed E-state index contributed by atoms with van der Waals surface area (Å²) in [6.07, 6.45) is 5.69. The summed E-state index contributed by atoms with van der Waals surface area (Å²) in [5.41, 5.74) is 3.93. The topological polar surface area (TPSA) is 59.5 Å². The van der Waals surface area contributed by atoms with E-state index in [9.17, 15) is 9.59 Å². The molecule has 3 rings (SSSR count). The van der Waals surface area contributed by atoms with Crippen molar-refractivity contribution in [3.63, 3.8) is 0 Å². The van der Waals surface area contributed by atoms with Crippen molar-refractivity contribution < 1.29 is 14.3 Å². The van der Waals surface area contributed by atoms with Crippen molar-refractivity contribution in [2.45, 2.75) is 46.5 Å². The minimum atomic E-state index is -0.479. The molecule has 0 saturated heterocycles. The Labute approximate surface area is 160 Å². The van der Waals surface area contributed by atoms with Gasteiger partial charge in [0.1, 0.15) is 0 Å². The fraction of sp³-hybridized carbons (Fsp3) is 0.409. The molecule has 0 atom stereocenters. The number of pyridine rings is 1.